The summed E-state index contributed by atoms with van der Waals surface area (Å²) < 4.78 is 32.5. The molecule has 0 spiro atoms. The topological polar surface area (TPSA) is 116 Å². The van der Waals surface area contributed by atoms with E-state index in [1.165, 1.54) is 16.4 Å². The van der Waals surface area contributed by atoms with Crippen molar-refractivity contribution >= 4 is 38.7 Å². The van der Waals surface area contributed by atoms with Gasteiger partial charge in [0.1, 0.15) is 5.60 Å². The lowest BCUT2D eigenvalue weighted by Crippen LogP contribution is -2.46. The number of sulfonamides is 1. The number of rotatable bonds is 10. The van der Waals surface area contributed by atoms with Gasteiger partial charge in [0.15, 0.2) is 0 Å². The van der Waals surface area contributed by atoms with Crippen LogP contribution in [0.4, 0.5) is 4.79 Å². The van der Waals surface area contributed by atoms with E-state index in [1.54, 1.807) is 32.9 Å². The summed E-state index contributed by atoms with van der Waals surface area (Å²) in [5, 5.41) is 21.7. The molecule has 10 heteroatoms. The lowest BCUT2D eigenvalue weighted by Gasteiger charge is -2.30. The summed E-state index contributed by atoms with van der Waals surface area (Å²) in [4.78, 5) is 12.2. The number of amides is 1. The van der Waals surface area contributed by atoms with Crippen LogP contribution in [0.15, 0.2) is 29.2 Å². The molecule has 0 saturated carbocycles. The van der Waals surface area contributed by atoms with Crippen LogP contribution in [0.25, 0.3) is 0 Å². The number of ether oxygens (including phenoxy) is 1. The zero-order valence-electron chi connectivity index (χ0n) is 18.1. The highest BCUT2D eigenvalue weighted by Gasteiger charge is 2.31. The molecule has 0 bridgehead atoms. The second-order valence-electron chi connectivity index (χ2n) is 8.51. The number of hydrogen-bond donors (Lipinski definition) is 3. The predicted molar refractivity (Wildman–Crippen MR) is 124 cm³/mol. The lowest BCUT2D eigenvalue weighted by atomic mass is 10.1. The molecule has 0 aliphatic heterocycles. The molecule has 1 aromatic carbocycles. The normalized spacial score (nSPS) is 14.6. The molecule has 8 nitrogen and oxygen atoms in total. The molecule has 0 radical (unpaired) electrons. The van der Waals surface area contributed by atoms with Crippen LogP contribution in [0.3, 0.4) is 0 Å². The maximum atomic E-state index is 13.2. The summed E-state index contributed by atoms with van der Waals surface area (Å²) in [6, 6.07) is 6.05. The highest BCUT2D eigenvalue weighted by atomic mass is 127. The number of nitrogens with zero attached hydrogens (tertiary/aromatic N) is 1. The largest absolute Gasteiger partial charge is 0.444 e. The first kappa shape index (κ1) is 27.1. The van der Waals surface area contributed by atoms with Crippen LogP contribution in [0, 0.1) is 11.8 Å². The zero-order valence-corrected chi connectivity index (χ0v) is 21.1. The van der Waals surface area contributed by atoms with E-state index in [4.69, 9.17) is 4.74 Å². The quantitative estimate of drug-likeness (QED) is 0.232. The third-order valence-electron chi connectivity index (χ3n) is 4.05. The number of carbonyl (C=O) groups excluding carboxylic acids is 1. The average molecular weight is 556 g/mol. The Hall–Kier alpha value is -0.950. The van der Waals surface area contributed by atoms with Crippen molar-refractivity contribution in [3.63, 3.8) is 0 Å². The van der Waals surface area contributed by atoms with Gasteiger partial charge >= 0.3 is 6.09 Å². The Morgan fingerprint density at radius 3 is 2.17 bits per heavy atom. The fourth-order valence-corrected chi connectivity index (χ4v) is 5.01. The molecule has 1 rings (SSSR count). The molecule has 2 unspecified atom stereocenters. The summed E-state index contributed by atoms with van der Waals surface area (Å²) >= 11 is 1.97. The number of aliphatic hydroxyl groups excluding tert-OH is 2. The zero-order chi connectivity index (χ0) is 23.1. The molecule has 1 aromatic rings. The van der Waals surface area contributed by atoms with E-state index in [0.717, 1.165) is 0 Å². The van der Waals surface area contributed by atoms with E-state index in [1.807, 2.05) is 36.4 Å². The van der Waals surface area contributed by atoms with Gasteiger partial charge in [0.25, 0.3) is 0 Å². The second-order valence-corrected chi connectivity index (χ2v) is 11.8. The van der Waals surface area contributed by atoms with Gasteiger partial charge in [-0.15, -0.1) is 0 Å². The smallest absolute Gasteiger partial charge is 0.408 e. The monoisotopic (exact) mass is 556 g/mol. The molecular weight excluding hydrogens is 523 g/mol. The van der Waals surface area contributed by atoms with Crippen molar-refractivity contribution in [1.29, 1.82) is 0 Å². The average Bonchev–Trinajstić information content (AvgIpc) is 2.62. The minimum atomic E-state index is -3.82. The van der Waals surface area contributed by atoms with Crippen molar-refractivity contribution in [1.82, 2.24) is 9.62 Å². The Kier molecular flexibility index (Phi) is 10.5. The SMILES string of the molecule is CC(C)CN(CC(CO)C(I)NC(=O)OC(C)(C)C)S(=O)(=O)c1ccc(CO)cc1. The van der Waals surface area contributed by atoms with Crippen LogP contribution in [0.1, 0.15) is 40.2 Å². The summed E-state index contributed by atoms with van der Waals surface area (Å²) in [7, 11) is -3.82. The van der Waals surface area contributed by atoms with Gasteiger partial charge in [0, 0.05) is 25.6 Å². The summed E-state index contributed by atoms with van der Waals surface area (Å²) in [6.07, 6.45) is -0.627. The summed E-state index contributed by atoms with van der Waals surface area (Å²) in [5.74, 6) is -0.481. The molecule has 3 N–H and O–H groups in total. The maximum Gasteiger partial charge on any atom is 0.408 e. The molecule has 2 atom stereocenters. The van der Waals surface area contributed by atoms with Crippen molar-refractivity contribution in [2.24, 2.45) is 11.8 Å². The first-order valence-electron chi connectivity index (χ1n) is 9.74. The van der Waals surface area contributed by atoms with Gasteiger partial charge in [-0.05, 0) is 44.4 Å². The van der Waals surface area contributed by atoms with E-state index in [9.17, 15) is 23.4 Å². The number of nitrogens with one attached hydrogen (secondary N) is 1. The van der Waals surface area contributed by atoms with Gasteiger partial charge in [0.05, 0.1) is 15.6 Å². The number of hydrogen-bond acceptors (Lipinski definition) is 6. The number of alkyl carbamates (subject to hydrolysis) is 1. The van der Waals surface area contributed by atoms with Crippen molar-refractivity contribution in [3.05, 3.63) is 29.8 Å². The first-order chi connectivity index (χ1) is 13.8. The minimum absolute atomic E-state index is 0.0299. The van der Waals surface area contributed by atoms with Gasteiger partial charge in [-0.2, -0.15) is 4.31 Å². The third-order valence-corrected chi connectivity index (χ3v) is 7.23. The Balaban J connectivity index is 3.04. The van der Waals surface area contributed by atoms with Crippen molar-refractivity contribution in [3.8, 4) is 0 Å². The molecule has 0 aliphatic rings. The van der Waals surface area contributed by atoms with Crippen LogP contribution in [0.5, 0.6) is 0 Å². The van der Waals surface area contributed by atoms with Crippen LogP contribution in [-0.4, -0.2) is 58.4 Å². The van der Waals surface area contributed by atoms with E-state index in [0.29, 0.717) is 5.56 Å². The molecule has 30 heavy (non-hydrogen) atoms. The van der Waals surface area contributed by atoms with Gasteiger partial charge < -0.3 is 20.3 Å². The van der Waals surface area contributed by atoms with Crippen molar-refractivity contribution in [2.45, 2.75) is 55.8 Å². The van der Waals surface area contributed by atoms with Crippen LogP contribution >= 0.6 is 22.6 Å². The van der Waals surface area contributed by atoms with Gasteiger partial charge in [-0.1, -0.05) is 48.6 Å². The molecule has 1 amide bonds. The van der Waals surface area contributed by atoms with Gasteiger partial charge in [-0.3, -0.25) is 0 Å². The van der Waals surface area contributed by atoms with E-state index in [-0.39, 0.29) is 37.1 Å². The number of alkyl halides is 1. The molecule has 0 fully saturated rings. The Bertz CT molecular complexity index is 777. The maximum absolute atomic E-state index is 13.2. The molecular formula is C20H33IN2O6S. The lowest BCUT2D eigenvalue weighted by molar-refractivity contribution is 0.0503. The minimum Gasteiger partial charge on any atom is -0.444 e. The predicted octanol–water partition coefficient (Wildman–Crippen LogP) is 2.72. The van der Waals surface area contributed by atoms with Crippen LogP contribution < -0.4 is 5.32 Å². The Morgan fingerprint density at radius 1 is 1.17 bits per heavy atom. The number of carbonyl (C=O) groups is 1. The Morgan fingerprint density at radius 2 is 1.73 bits per heavy atom. The van der Waals surface area contributed by atoms with E-state index >= 15 is 0 Å². The molecule has 0 aromatic heterocycles. The second kappa shape index (κ2) is 11.6. The first-order valence-corrected chi connectivity index (χ1v) is 12.4. The fourth-order valence-electron chi connectivity index (χ4n) is 2.64. The van der Waals surface area contributed by atoms with Crippen molar-refractivity contribution < 1.29 is 28.2 Å². The highest BCUT2D eigenvalue weighted by Crippen LogP contribution is 2.22. The summed E-state index contributed by atoms with van der Waals surface area (Å²) in [6.45, 7) is 8.87. The third kappa shape index (κ3) is 8.66. The number of aliphatic hydroxyl groups is 2. The molecule has 0 saturated heterocycles. The number of benzene rings is 1. The summed E-state index contributed by atoms with van der Waals surface area (Å²) in [5.41, 5.74) is -0.0467. The highest BCUT2D eigenvalue weighted by molar-refractivity contribution is 14.1. The van der Waals surface area contributed by atoms with Crippen LogP contribution in [0.2, 0.25) is 0 Å². The van der Waals surface area contributed by atoms with Gasteiger partial charge in [-0.25, -0.2) is 13.2 Å². The molecule has 0 aliphatic carbocycles. The van der Waals surface area contributed by atoms with E-state index in [2.05, 4.69) is 5.32 Å². The van der Waals surface area contributed by atoms with E-state index < -0.39 is 31.7 Å². The molecule has 172 valence electrons. The standard InChI is InChI=1S/C20H33IN2O6S/c1-14(2)10-23(30(27,28)17-8-6-15(12-24)7-9-17)11-16(13-25)18(21)22-19(26)29-20(3,4)5/h6-9,14,16,18,24-25H,10-13H2,1-5H3,(H,22,26). The van der Waals surface area contributed by atoms with Crippen molar-refractivity contribution in [2.75, 3.05) is 19.7 Å². The molecule has 0 heterocycles. The number of halogens is 1. The van der Waals surface area contributed by atoms with Gasteiger partial charge in [0.2, 0.25) is 10.0 Å². The van der Waals surface area contributed by atoms with Crippen LogP contribution in [-0.2, 0) is 21.4 Å². The fraction of sp³-hybridized carbons (Fsp3) is 0.650. The Labute approximate surface area is 193 Å².